The number of hydrogen-bond donors (Lipinski definition) is 2. The van der Waals surface area contributed by atoms with Gasteiger partial charge in [0.25, 0.3) is 0 Å². The summed E-state index contributed by atoms with van der Waals surface area (Å²) >= 11 is 1.39. The Hall–Kier alpha value is -2.21. The van der Waals surface area contributed by atoms with E-state index in [2.05, 4.69) is 5.32 Å². The van der Waals surface area contributed by atoms with Gasteiger partial charge in [0.15, 0.2) is 0 Å². The molecule has 0 fully saturated rings. The van der Waals surface area contributed by atoms with Gasteiger partial charge in [0.2, 0.25) is 5.91 Å². The fourth-order valence-corrected chi connectivity index (χ4v) is 2.89. The summed E-state index contributed by atoms with van der Waals surface area (Å²) in [5, 5.41) is 13.6. The van der Waals surface area contributed by atoms with Gasteiger partial charge in [-0.1, -0.05) is 18.2 Å². The molecule has 0 aliphatic heterocycles. The van der Waals surface area contributed by atoms with E-state index in [0.29, 0.717) is 5.56 Å². The van der Waals surface area contributed by atoms with Gasteiger partial charge in [0.1, 0.15) is 5.82 Å². The second-order valence-corrected chi connectivity index (χ2v) is 5.93. The molecule has 2 atom stereocenters. The first-order chi connectivity index (χ1) is 10.5. The monoisotopic (exact) mass is 321 g/mol. The topological polar surface area (TPSA) is 66.4 Å². The Morgan fingerprint density at radius 1 is 1.32 bits per heavy atom. The molecular formula is C16H16FNO3S. The Balaban J connectivity index is 2.12. The van der Waals surface area contributed by atoms with Gasteiger partial charge in [-0.25, -0.2) is 4.39 Å². The Labute approximate surface area is 131 Å². The normalized spacial score (nSPS) is 13.4. The van der Waals surface area contributed by atoms with E-state index in [9.17, 15) is 14.0 Å². The number of carboxylic acids is 1. The molecule has 2 N–H and O–H groups in total. The minimum atomic E-state index is -0.989. The number of halogens is 1. The van der Waals surface area contributed by atoms with Crippen molar-refractivity contribution >= 4 is 23.2 Å². The fraction of sp³-hybridized carbons (Fsp3) is 0.250. The van der Waals surface area contributed by atoms with Gasteiger partial charge in [-0.05, 0) is 36.1 Å². The van der Waals surface area contributed by atoms with E-state index < -0.39 is 23.7 Å². The number of carboxylic acid groups (broad SMARTS) is 1. The van der Waals surface area contributed by atoms with Crippen LogP contribution in [0, 0.1) is 5.82 Å². The van der Waals surface area contributed by atoms with Gasteiger partial charge in [-0.3, -0.25) is 9.59 Å². The number of thiophene rings is 1. The lowest BCUT2D eigenvalue weighted by molar-refractivity contribution is -0.137. The first kappa shape index (κ1) is 16.2. The molecular weight excluding hydrogens is 305 g/mol. The largest absolute Gasteiger partial charge is 0.481 e. The third-order valence-electron chi connectivity index (χ3n) is 3.32. The van der Waals surface area contributed by atoms with E-state index in [4.69, 9.17) is 5.11 Å². The van der Waals surface area contributed by atoms with E-state index in [-0.39, 0.29) is 12.3 Å². The smallest absolute Gasteiger partial charge is 0.305 e. The molecule has 1 aromatic heterocycles. The number of carbonyl (C=O) groups excluding carboxylic acids is 1. The highest BCUT2D eigenvalue weighted by molar-refractivity contribution is 7.10. The molecule has 0 saturated carbocycles. The number of nitrogens with one attached hydrogen (secondary N) is 1. The molecule has 2 aromatic rings. The fourth-order valence-electron chi connectivity index (χ4n) is 2.11. The number of rotatable bonds is 6. The molecule has 6 heteroatoms. The molecule has 0 saturated heterocycles. The van der Waals surface area contributed by atoms with Crippen LogP contribution in [0.5, 0.6) is 0 Å². The predicted molar refractivity (Wildman–Crippen MR) is 82.3 cm³/mol. The third-order valence-corrected chi connectivity index (χ3v) is 4.31. The standard InChI is InChI=1S/C16H16FNO3S/c1-10(11-4-2-5-12(17)8-11)16(21)18-13(9-15(19)20)14-6-3-7-22-14/h2-8,10,13H,9H2,1H3,(H,18,21)(H,19,20)/t10-,13-/m0/s1. The van der Waals surface area contributed by atoms with E-state index in [0.717, 1.165) is 4.88 Å². The summed E-state index contributed by atoms with van der Waals surface area (Å²) in [5.41, 5.74) is 0.553. The maximum atomic E-state index is 13.2. The molecule has 0 spiro atoms. The molecule has 0 bridgehead atoms. The van der Waals surface area contributed by atoms with Crippen LogP contribution >= 0.6 is 11.3 Å². The van der Waals surface area contributed by atoms with Crippen LogP contribution in [0.25, 0.3) is 0 Å². The van der Waals surface area contributed by atoms with Crippen molar-refractivity contribution < 1.29 is 19.1 Å². The van der Waals surface area contributed by atoms with E-state index in [1.165, 1.54) is 23.5 Å². The zero-order chi connectivity index (χ0) is 16.1. The van der Waals surface area contributed by atoms with Crippen LogP contribution < -0.4 is 5.32 Å². The molecule has 1 amide bonds. The van der Waals surface area contributed by atoms with Crippen molar-refractivity contribution in [2.24, 2.45) is 0 Å². The number of hydrogen-bond acceptors (Lipinski definition) is 3. The van der Waals surface area contributed by atoms with Crippen molar-refractivity contribution in [1.82, 2.24) is 5.32 Å². The molecule has 2 rings (SSSR count). The quantitative estimate of drug-likeness (QED) is 0.857. The molecule has 1 heterocycles. The molecule has 0 aliphatic rings. The molecule has 0 radical (unpaired) electrons. The van der Waals surface area contributed by atoms with E-state index >= 15 is 0 Å². The average Bonchev–Trinajstić information content (AvgIpc) is 2.99. The summed E-state index contributed by atoms with van der Waals surface area (Å²) < 4.78 is 13.2. The lowest BCUT2D eigenvalue weighted by Gasteiger charge is -2.19. The number of benzene rings is 1. The van der Waals surface area contributed by atoms with Gasteiger partial charge in [0, 0.05) is 4.88 Å². The summed E-state index contributed by atoms with van der Waals surface area (Å²) in [6.07, 6.45) is -0.192. The first-order valence-corrected chi connectivity index (χ1v) is 7.66. The van der Waals surface area contributed by atoms with Crippen LogP contribution in [0.3, 0.4) is 0 Å². The Morgan fingerprint density at radius 3 is 2.68 bits per heavy atom. The van der Waals surface area contributed by atoms with Crippen LogP contribution in [0.2, 0.25) is 0 Å². The number of amides is 1. The third kappa shape index (κ3) is 4.14. The maximum absolute atomic E-state index is 13.2. The first-order valence-electron chi connectivity index (χ1n) is 6.78. The Bertz CT molecular complexity index is 657. The highest BCUT2D eigenvalue weighted by atomic mass is 32.1. The minimum Gasteiger partial charge on any atom is -0.481 e. The van der Waals surface area contributed by atoms with Crippen LogP contribution in [-0.2, 0) is 9.59 Å². The zero-order valence-electron chi connectivity index (χ0n) is 12.0. The lowest BCUT2D eigenvalue weighted by atomic mass is 9.99. The predicted octanol–water partition coefficient (Wildman–Crippen LogP) is 3.32. The molecule has 0 unspecified atom stereocenters. The molecule has 22 heavy (non-hydrogen) atoms. The maximum Gasteiger partial charge on any atom is 0.305 e. The van der Waals surface area contributed by atoms with Crippen molar-refractivity contribution in [3.63, 3.8) is 0 Å². The summed E-state index contributed by atoms with van der Waals surface area (Å²) in [6.45, 7) is 1.66. The van der Waals surface area contributed by atoms with Gasteiger partial charge in [0.05, 0.1) is 18.4 Å². The SMILES string of the molecule is C[C@H](C(=O)N[C@@H](CC(=O)O)c1cccs1)c1cccc(F)c1. The van der Waals surface area contributed by atoms with E-state index in [1.807, 2.05) is 5.38 Å². The number of carbonyl (C=O) groups is 2. The van der Waals surface area contributed by atoms with Gasteiger partial charge in [-0.2, -0.15) is 0 Å². The minimum absolute atomic E-state index is 0.192. The summed E-state index contributed by atoms with van der Waals surface area (Å²) in [4.78, 5) is 24.1. The van der Waals surface area contributed by atoms with Crippen molar-refractivity contribution in [1.29, 1.82) is 0 Å². The Morgan fingerprint density at radius 2 is 2.09 bits per heavy atom. The van der Waals surface area contributed by atoms with Crippen molar-refractivity contribution in [2.45, 2.75) is 25.3 Å². The summed E-state index contributed by atoms with van der Waals surface area (Å²) in [5.74, 6) is -2.29. The van der Waals surface area contributed by atoms with Crippen molar-refractivity contribution in [3.8, 4) is 0 Å². The highest BCUT2D eigenvalue weighted by Crippen LogP contribution is 2.24. The molecule has 4 nitrogen and oxygen atoms in total. The molecule has 1 aromatic carbocycles. The van der Waals surface area contributed by atoms with Crippen LogP contribution in [0.4, 0.5) is 4.39 Å². The molecule has 0 aliphatic carbocycles. The zero-order valence-corrected chi connectivity index (χ0v) is 12.8. The van der Waals surface area contributed by atoms with Crippen LogP contribution in [0.15, 0.2) is 41.8 Å². The van der Waals surface area contributed by atoms with Gasteiger partial charge >= 0.3 is 5.97 Å². The molecule has 116 valence electrons. The van der Waals surface area contributed by atoms with Gasteiger partial charge < -0.3 is 10.4 Å². The van der Waals surface area contributed by atoms with Crippen molar-refractivity contribution in [2.75, 3.05) is 0 Å². The van der Waals surface area contributed by atoms with Crippen molar-refractivity contribution in [3.05, 3.63) is 58.0 Å². The lowest BCUT2D eigenvalue weighted by Crippen LogP contribution is -2.32. The second-order valence-electron chi connectivity index (χ2n) is 4.95. The highest BCUT2D eigenvalue weighted by Gasteiger charge is 2.23. The summed E-state index contributed by atoms with van der Waals surface area (Å²) in [6, 6.07) is 8.84. The van der Waals surface area contributed by atoms with Crippen LogP contribution in [-0.4, -0.2) is 17.0 Å². The van der Waals surface area contributed by atoms with Crippen LogP contribution in [0.1, 0.15) is 35.7 Å². The average molecular weight is 321 g/mol. The Kier molecular flexibility index (Phi) is 5.27. The van der Waals surface area contributed by atoms with E-state index in [1.54, 1.807) is 31.2 Å². The second kappa shape index (κ2) is 7.17. The van der Waals surface area contributed by atoms with Gasteiger partial charge in [-0.15, -0.1) is 11.3 Å². The summed E-state index contributed by atoms with van der Waals surface area (Å²) in [7, 11) is 0. The number of aliphatic carboxylic acids is 1.